The number of hydrogen-bond donors (Lipinski definition) is 2. The molecule has 1 aliphatic rings. The largest absolute Gasteiger partial charge is 0.384 e. The predicted octanol–water partition coefficient (Wildman–Crippen LogP) is 3.25. The summed E-state index contributed by atoms with van der Waals surface area (Å²) in [5, 5.41) is 3.52. The predicted molar refractivity (Wildman–Crippen MR) is 141 cm³/mol. The van der Waals surface area contributed by atoms with Gasteiger partial charge in [-0.25, -0.2) is 14.8 Å². The zero-order valence-corrected chi connectivity index (χ0v) is 21.9. The number of hydrogen-bond acceptors (Lipinski definition) is 6. The van der Waals surface area contributed by atoms with Crippen molar-refractivity contribution in [3.63, 3.8) is 0 Å². The van der Waals surface area contributed by atoms with Crippen LogP contribution in [0.3, 0.4) is 0 Å². The molecule has 11 heteroatoms. The number of aryl methyl sites for hydroxylation is 1. The number of carbonyl (C=O) groups excluding carboxylic acids is 3. The summed E-state index contributed by atoms with van der Waals surface area (Å²) in [4.78, 5) is 51.0. The molecule has 1 saturated heterocycles. The molecule has 1 aromatic carbocycles. The fraction of sp³-hybridized carbons (Fsp3) is 0.346. The van der Waals surface area contributed by atoms with E-state index in [4.69, 9.17) is 17.3 Å². The van der Waals surface area contributed by atoms with Gasteiger partial charge in [0.15, 0.2) is 0 Å². The van der Waals surface area contributed by atoms with Gasteiger partial charge >= 0.3 is 6.03 Å². The lowest BCUT2D eigenvalue weighted by Gasteiger charge is -2.45. The van der Waals surface area contributed by atoms with E-state index in [-0.39, 0.29) is 12.5 Å². The molecule has 3 heterocycles. The average Bonchev–Trinajstić information content (AvgIpc) is 3.30. The third-order valence-corrected chi connectivity index (χ3v) is 7.21. The van der Waals surface area contributed by atoms with Gasteiger partial charge in [0.2, 0.25) is 11.9 Å². The number of anilines is 2. The van der Waals surface area contributed by atoms with E-state index in [9.17, 15) is 14.4 Å². The number of aromatic nitrogens is 3. The van der Waals surface area contributed by atoms with Crippen molar-refractivity contribution in [2.24, 2.45) is 13.0 Å². The molecule has 4 rings (SSSR count). The number of nitrogen functional groups attached to an aromatic ring is 1. The Balaban J connectivity index is 1.62. The summed E-state index contributed by atoms with van der Waals surface area (Å²) < 4.78 is 1.69. The van der Waals surface area contributed by atoms with E-state index < -0.39 is 29.8 Å². The Morgan fingerprint density at radius 1 is 1.24 bits per heavy atom. The number of amides is 4. The molecular weight excluding hydrogens is 494 g/mol. The fourth-order valence-electron chi connectivity index (χ4n) is 4.73. The number of imide groups is 1. The lowest BCUT2D eigenvalue weighted by molar-refractivity contribution is -0.156. The van der Waals surface area contributed by atoms with E-state index >= 15 is 0 Å². The normalized spacial score (nSPS) is 17.8. The van der Waals surface area contributed by atoms with E-state index in [1.165, 1.54) is 4.90 Å². The van der Waals surface area contributed by atoms with Crippen LogP contribution in [-0.2, 0) is 23.1 Å². The minimum Gasteiger partial charge on any atom is -0.384 e. The summed E-state index contributed by atoms with van der Waals surface area (Å²) in [5.41, 5.74) is 8.27. The van der Waals surface area contributed by atoms with Crippen LogP contribution in [0.2, 0.25) is 5.02 Å². The van der Waals surface area contributed by atoms with E-state index in [0.29, 0.717) is 23.2 Å². The number of likely N-dealkylation sites (N-methyl/N-ethyl adjacent to an activating group) is 1. The average molecular weight is 524 g/mol. The number of β-lactam (4-membered cyclic amide) rings is 1. The van der Waals surface area contributed by atoms with Crippen molar-refractivity contribution in [2.45, 2.75) is 38.8 Å². The number of halogens is 1. The maximum Gasteiger partial charge on any atom is 0.325 e. The Bertz CT molecular complexity index is 1340. The standard InChI is InChI=1S/C26H30ClN7O3/c1-5-20(17-7-6-8-19(27)15(17)2)31-26(37)34-22(24(36)33(4)25-30-11-12-32(25)3)18(23(34)35)13-16-9-10-29-21(28)14-16/h6-12,14,18,20,22H,5,13H2,1-4H3,(H2,28,29)(H,31,37)/t18-,20-,22+/m1/s1. The van der Waals surface area contributed by atoms with Gasteiger partial charge in [0.05, 0.1) is 12.0 Å². The second kappa shape index (κ2) is 10.6. The van der Waals surface area contributed by atoms with Gasteiger partial charge in [-0.1, -0.05) is 30.7 Å². The molecule has 1 fully saturated rings. The van der Waals surface area contributed by atoms with Gasteiger partial charge in [0.25, 0.3) is 5.91 Å². The molecule has 1 aliphatic heterocycles. The van der Waals surface area contributed by atoms with Crippen LogP contribution in [0.1, 0.15) is 36.1 Å². The van der Waals surface area contributed by atoms with E-state index in [1.54, 1.807) is 55.5 Å². The molecule has 0 radical (unpaired) electrons. The zero-order chi connectivity index (χ0) is 26.9. The maximum atomic E-state index is 13.7. The maximum absolute atomic E-state index is 13.7. The highest BCUT2D eigenvalue weighted by Gasteiger charge is 2.55. The number of rotatable bonds is 7. The van der Waals surface area contributed by atoms with Crippen LogP contribution >= 0.6 is 11.6 Å². The van der Waals surface area contributed by atoms with Crippen molar-refractivity contribution in [3.8, 4) is 0 Å². The lowest BCUT2D eigenvalue weighted by atomic mass is 9.81. The topological polar surface area (TPSA) is 126 Å². The van der Waals surface area contributed by atoms with Crippen molar-refractivity contribution in [2.75, 3.05) is 17.7 Å². The first-order valence-corrected chi connectivity index (χ1v) is 12.4. The molecule has 4 amide bonds. The Morgan fingerprint density at radius 3 is 2.65 bits per heavy atom. The first kappa shape index (κ1) is 26.2. The van der Waals surface area contributed by atoms with Crippen molar-refractivity contribution < 1.29 is 14.4 Å². The first-order valence-electron chi connectivity index (χ1n) is 12.0. The van der Waals surface area contributed by atoms with Gasteiger partial charge < -0.3 is 15.6 Å². The molecule has 3 aromatic rings. The Kier molecular flexibility index (Phi) is 7.49. The molecule has 0 saturated carbocycles. The monoisotopic (exact) mass is 523 g/mol. The van der Waals surface area contributed by atoms with Crippen molar-refractivity contribution in [3.05, 3.63) is 70.6 Å². The molecule has 194 valence electrons. The van der Waals surface area contributed by atoms with Gasteiger partial charge in [-0.15, -0.1) is 0 Å². The van der Waals surface area contributed by atoms with Gasteiger partial charge in [-0.2, -0.15) is 0 Å². The van der Waals surface area contributed by atoms with Crippen LogP contribution in [-0.4, -0.2) is 50.4 Å². The van der Waals surface area contributed by atoms with Crippen molar-refractivity contribution in [1.82, 2.24) is 24.8 Å². The highest BCUT2D eigenvalue weighted by molar-refractivity contribution is 6.31. The van der Waals surface area contributed by atoms with Crippen molar-refractivity contribution in [1.29, 1.82) is 0 Å². The first-order chi connectivity index (χ1) is 17.6. The number of nitrogens with zero attached hydrogens (tertiary/aromatic N) is 5. The van der Waals surface area contributed by atoms with E-state index in [2.05, 4.69) is 15.3 Å². The molecule has 0 aliphatic carbocycles. The highest BCUT2D eigenvalue weighted by atomic mass is 35.5. The van der Waals surface area contributed by atoms with E-state index in [0.717, 1.165) is 21.6 Å². The number of imidazole rings is 1. The SMILES string of the molecule is CC[C@@H](NC(=O)N1C(=O)[C@H](Cc2ccnc(N)c2)[C@H]1C(=O)N(C)c1nccn1C)c1cccc(Cl)c1C. The minimum absolute atomic E-state index is 0.241. The third-order valence-electron chi connectivity index (χ3n) is 6.80. The third kappa shape index (κ3) is 5.01. The van der Waals surface area contributed by atoms with Crippen LogP contribution in [0, 0.1) is 12.8 Å². The molecule has 3 N–H and O–H groups in total. The molecule has 0 unspecified atom stereocenters. The molecule has 0 spiro atoms. The smallest absolute Gasteiger partial charge is 0.325 e. The Labute approximate surface area is 220 Å². The minimum atomic E-state index is -1.01. The number of likely N-dealkylation sites (tertiary alicyclic amines) is 1. The second-order valence-corrected chi connectivity index (χ2v) is 9.56. The number of benzene rings is 1. The van der Waals surface area contributed by atoms with Crippen LogP contribution < -0.4 is 16.0 Å². The lowest BCUT2D eigenvalue weighted by Crippen LogP contribution is -2.70. The van der Waals surface area contributed by atoms with Crippen LogP contribution in [0.4, 0.5) is 16.6 Å². The van der Waals surface area contributed by atoms with Gasteiger partial charge in [0, 0.05) is 37.7 Å². The summed E-state index contributed by atoms with van der Waals surface area (Å²) in [6.45, 7) is 3.81. The number of pyridine rings is 1. The van der Waals surface area contributed by atoms with Crippen LogP contribution in [0.25, 0.3) is 0 Å². The quantitative estimate of drug-likeness (QED) is 0.458. The van der Waals surface area contributed by atoms with Gasteiger partial charge in [-0.3, -0.25) is 19.4 Å². The van der Waals surface area contributed by atoms with Crippen LogP contribution in [0.5, 0.6) is 0 Å². The fourth-order valence-corrected chi connectivity index (χ4v) is 4.91. The Morgan fingerprint density at radius 2 is 2.00 bits per heavy atom. The van der Waals surface area contributed by atoms with Gasteiger partial charge in [-0.05, 0) is 54.7 Å². The van der Waals surface area contributed by atoms with Gasteiger partial charge in [0.1, 0.15) is 11.9 Å². The molecule has 0 bridgehead atoms. The number of carbonyl (C=O) groups is 3. The molecule has 2 aromatic heterocycles. The summed E-state index contributed by atoms with van der Waals surface area (Å²) >= 11 is 6.30. The molecular formula is C26H30ClN7O3. The zero-order valence-electron chi connectivity index (χ0n) is 21.2. The summed E-state index contributed by atoms with van der Waals surface area (Å²) in [6.07, 6.45) is 5.65. The molecule has 37 heavy (non-hydrogen) atoms. The summed E-state index contributed by atoms with van der Waals surface area (Å²) in [7, 11) is 3.34. The summed E-state index contributed by atoms with van der Waals surface area (Å²) in [5.74, 6) is -0.872. The number of nitrogens with one attached hydrogen (secondary N) is 1. The number of urea groups is 1. The van der Waals surface area contributed by atoms with E-state index in [1.807, 2.05) is 26.0 Å². The highest BCUT2D eigenvalue weighted by Crippen LogP contribution is 2.34. The van der Waals surface area contributed by atoms with Crippen LogP contribution in [0.15, 0.2) is 48.9 Å². The molecule has 3 atom stereocenters. The number of nitrogens with two attached hydrogens (primary N) is 1. The molecule has 10 nitrogen and oxygen atoms in total. The second-order valence-electron chi connectivity index (χ2n) is 9.15. The van der Waals surface area contributed by atoms with Crippen molar-refractivity contribution >= 4 is 41.2 Å². The Hall–Kier alpha value is -3.92. The summed E-state index contributed by atoms with van der Waals surface area (Å²) in [6, 6.07) is 6.86.